The van der Waals surface area contributed by atoms with Crippen molar-refractivity contribution in [1.29, 1.82) is 0 Å². The van der Waals surface area contributed by atoms with Gasteiger partial charge < -0.3 is 10.2 Å². The standard InChI is InChI=1S/4C18H15P.CH2O3.Na.Pd.H/c4*1-4-10-16(11-5-1)19(17-12-6-2-7-13-17)18-14-8-3-9-15-18;2-1(3)4;;;/h4*1-15H;(H2,2,3,4);;;. The van der Waals surface area contributed by atoms with Crippen LogP contribution in [0, 0.1) is 0 Å². The van der Waals surface area contributed by atoms with Gasteiger partial charge in [-0.25, -0.2) is 4.79 Å². The maximum atomic E-state index is 8.56. The molecule has 0 bridgehead atoms. The second-order valence-electron chi connectivity index (χ2n) is 17.7. The molecule has 0 saturated carbocycles. The fraction of sp³-hybridized carbons (Fsp3) is 0. The predicted molar refractivity (Wildman–Crippen MR) is 358 cm³/mol. The molecule has 0 aliphatic rings. The third kappa shape index (κ3) is 20.3. The molecule has 0 aliphatic carbocycles. The van der Waals surface area contributed by atoms with Crippen LogP contribution in [-0.4, -0.2) is 45.9 Å². The summed E-state index contributed by atoms with van der Waals surface area (Å²) in [7, 11) is -1.78. The van der Waals surface area contributed by atoms with Gasteiger partial charge in [-0.15, -0.1) is 0 Å². The van der Waals surface area contributed by atoms with E-state index < -0.39 is 37.8 Å². The number of carbonyl (C=O) groups is 1. The fourth-order valence-electron chi connectivity index (χ4n) is 8.71. The quantitative estimate of drug-likeness (QED) is 0.0947. The molecule has 0 atom stereocenters. The number of hydrogen-bond donors (Lipinski definition) is 2. The third-order valence-corrected chi connectivity index (χ3v) is 21.9. The van der Waals surface area contributed by atoms with E-state index in [0.29, 0.717) is 0 Å². The smallest absolute Gasteiger partial charge is 0 e. The normalized spacial score (nSPS) is 10.1. The Morgan fingerprint density at radius 2 is 0.244 bits per heavy atom. The second kappa shape index (κ2) is 36.7. The summed E-state index contributed by atoms with van der Waals surface area (Å²) < 4.78 is 0. The summed E-state index contributed by atoms with van der Waals surface area (Å²) in [5, 5.41) is 30.7. The van der Waals surface area contributed by atoms with Gasteiger partial charge in [0.25, 0.3) is 0 Å². The second-order valence-corrected chi connectivity index (χ2v) is 26.5. The first-order valence-corrected chi connectivity index (χ1v) is 31.6. The van der Waals surface area contributed by atoms with Crippen LogP contribution >= 0.6 is 31.7 Å². The van der Waals surface area contributed by atoms with Gasteiger partial charge in [0, 0.05) is 20.4 Å². The maximum absolute atomic E-state index is 8.56. The molecule has 9 heteroatoms. The van der Waals surface area contributed by atoms with Gasteiger partial charge in [0.15, 0.2) is 0 Å². The van der Waals surface area contributed by atoms with E-state index >= 15 is 0 Å². The van der Waals surface area contributed by atoms with Gasteiger partial charge in [0.2, 0.25) is 0 Å². The van der Waals surface area contributed by atoms with E-state index in [1.54, 1.807) is 0 Å². The topological polar surface area (TPSA) is 57.5 Å². The van der Waals surface area contributed by atoms with Crippen LogP contribution in [0.15, 0.2) is 364 Å². The molecule has 12 rings (SSSR count). The minimum atomic E-state index is -1.83. The van der Waals surface area contributed by atoms with Gasteiger partial charge in [0.05, 0.1) is 0 Å². The molecule has 0 aromatic heterocycles. The van der Waals surface area contributed by atoms with Gasteiger partial charge in [-0.2, -0.15) is 0 Å². The Morgan fingerprint density at radius 1 is 0.183 bits per heavy atom. The number of hydrogen-bond acceptors (Lipinski definition) is 1. The first-order valence-electron chi connectivity index (χ1n) is 26.3. The predicted octanol–water partition coefficient (Wildman–Crippen LogP) is 13.4. The summed E-state index contributed by atoms with van der Waals surface area (Å²) in [5.74, 6) is 0. The van der Waals surface area contributed by atoms with E-state index in [1.807, 2.05) is 0 Å². The average Bonchev–Trinajstić information content (AvgIpc) is 3.64. The van der Waals surface area contributed by atoms with E-state index in [9.17, 15) is 0 Å². The first-order chi connectivity index (χ1) is 39.5. The SMILES string of the molecule is O=C(O)O.[NaH].[Pd].c1ccc(P(c2ccccc2)c2ccccc2)cc1.c1ccc(P(c2ccccc2)c2ccccc2)cc1.c1ccc(P(c2ccccc2)c2ccccc2)cc1.c1ccc(P(c2ccccc2)c2ccccc2)cc1. The Bertz CT molecular complexity index is 2710. The van der Waals surface area contributed by atoms with Crippen LogP contribution in [0.3, 0.4) is 0 Å². The number of rotatable bonds is 12. The summed E-state index contributed by atoms with van der Waals surface area (Å²) >= 11 is 0. The monoisotopic (exact) mass is 1240 g/mol. The summed E-state index contributed by atoms with van der Waals surface area (Å²) in [6, 6.07) is 129. The van der Waals surface area contributed by atoms with Crippen molar-refractivity contribution in [2.24, 2.45) is 0 Å². The first kappa shape index (κ1) is 64.5. The Labute approximate surface area is 525 Å². The summed E-state index contributed by atoms with van der Waals surface area (Å²) in [5.41, 5.74) is 0. The molecule has 0 amide bonds. The molecule has 0 aliphatic heterocycles. The van der Waals surface area contributed by atoms with Crippen molar-refractivity contribution in [2.45, 2.75) is 0 Å². The van der Waals surface area contributed by atoms with Crippen LogP contribution in [0.25, 0.3) is 0 Å². The maximum Gasteiger partial charge on any atom is 0 e. The Morgan fingerprint density at radius 3 is 0.305 bits per heavy atom. The molecule has 12 aromatic carbocycles. The molecule has 0 unspecified atom stereocenters. The molecule has 0 radical (unpaired) electrons. The molecular formula is C73H63NaO3P4Pd. The van der Waals surface area contributed by atoms with E-state index in [4.69, 9.17) is 15.0 Å². The van der Waals surface area contributed by atoms with Crippen molar-refractivity contribution in [2.75, 3.05) is 0 Å². The molecule has 0 saturated heterocycles. The van der Waals surface area contributed by atoms with Gasteiger partial charge in [0.1, 0.15) is 0 Å². The summed E-state index contributed by atoms with van der Waals surface area (Å²) in [4.78, 5) is 8.56. The van der Waals surface area contributed by atoms with E-state index in [-0.39, 0.29) is 50.0 Å². The minimum Gasteiger partial charge on any atom is -0.0622 e. The zero-order chi connectivity index (χ0) is 55.2. The molecule has 12 aromatic rings. The molecule has 404 valence electrons. The van der Waals surface area contributed by atoms with Crippen LogP contribution in [0.2, 0.25) is 0 Å². The van der Waals surface area contributed by atoms with Crippen molar-refractivity contribution < 1.29 is 35.4 Å². The van der Waals surface area contributed by atoms with E-state index in [2.05, 4.69) is 364 Å². The molecule has 3 nitrogen and oxygen atoms in total. The molecule has 0 spiro atoms. The van der Waals surface area contributed by atoms with Crippen LogP contribution < -0.4 is 63.7 Å². The van der Waals surface area contributed by atoms with Crippen LogP contribution in [0.4, 0.5) is 4.79 Å². The summed E-state index contributed by atoms with van der Waals surface area (Å²) in [6.07, 6.45) is -1.83. The van der Waals surface area contributed by atoms with Crippen LogP contribution in [0.5, 0.6) is 0 Å². The zero-order valence-corrected chi connectivity index (χ0v) is 49.7. The van der Waals surface area contributed by atoms with Crippen molar-refractivity contribution in [3.63, 3.8) is 0 Å². The molecule has 2 N–H and O–H groups in total. The zero-order valence-electron chi connectivity index (χ0n) is 44.5. The average molecular weight is 1240 g/mol. The molecular weight excluding hydrogens is 1180 g/mol. The number of benzene rings is 12. The number of carboxylic acid groups (broad SMARTS) is 2. The van der Waals surface area contributed by atoms with Gasteiger partial charge in [-0.1, -0.05) is 364 Å². The van der Waals surface area contributed by atoms with Crippen LogP contribution in [0.1, 0.15) is 0 Å². The van der Waals surface area contributed by atoms with Crippen molar-refractivity contribution in [3.8, 4) is 0 Å². The Hall–Kier alpha value is -6.71. The van der Waals surface area contributed by atoms with E-state index in [1.165, 1.54) is 63.7 Å². The van der Waals surface area contributed by atoms with E-state index in [0.717, 1.165) is 0 Å². The van der Waals surface area contributed by atoms with Crippen molar-refractivity contribution in [1.82, 2.24) is 0 Å². The van der Waals surface area contributed by atoms with Crippen LogP contribution in [-0.2, 0) is 20.4 Å². The Kier molecular flexibility index (Phi) is 28.8. The third-order valence-electron chi connectivity index (χ3n) is 12.2. The molecule has 0 fully saturated rings. The van der Waals surface area contributed by atoms with Crippen molar-refractivity contribution in [3.05, 3.63) is 364 Å². The minimum absolute atomic E-state index is 0. The molecule has 0 heterocycles. The Balaban J connectivity index is 0.000000170. The summed E-state index contributed by atoms with van der Waals surface area (Å²) in [6.45, 7) is 0. The van der Waals surface area contributed by atoms with Gasteiger partial charge >= 0.3 is 35.7 Å². The fourth-order valence-corrected chi connectivity index (χ4v) is 17.9. The van der Waals surface area contributed by atoms with Gasteiger partial charge in [-0.3, -0.25) is 0 Å². The molecule has 82 heavy (non-hydrogen) atoms. The van der Waals surface area contributed by atoms with Crippen molar-refractivity contribution >= 4 is 131 Å². The van der Waals surface area contributed by atoms with Gasteiger partial charge in [-0.05, 0) is 95.3 Å². The largest absolute Gasteiger partial charge is 0.0622 e.